The van der Waals surface area contributed by atoms with Gasteiger partial charge in [-0.1, -0.05) is 76.2 Å². The third-order valence-electron chi connectivity index (χ3n) is 4.83. The molecule has 152 valence electrons. The lowest BCUT2D eigenvalue weighted by atomic mass is 9.82. The maximum absolute atomic E-state index is 10.9. The summed E-state index contributed by atoms with van der Waals surface area (Å²) in [4.78, 5) is 10.9. The number of hydrogen-bond donors (Lipinski definition) is 2. The van der Waals surface area contributed by atoms with Crippen molar-refractivity contribution in [2.45, 2.75) is 91.3 Å². The molecule has 0 radical (unpaired) electrons. The van der Waals surface area contributed by atoms with Crippen molar-refractivity contribution >= 4 is 5.78 Å². The van der Waals surface area contributed by atoms with Gasteiger partial charge in [-0.3, -0.25) is 0 Å². The van der Waals surface area contributed by atoms with E-state index in [0.29, 0.717) is 19.3 Å². The molecular formula is C24H38O3. The minimum atomic E-state index is -0.928. The first kappa shape index (κ1) is 25.4. The number of ketones is 1. The lowest BCUT2D eigenvalue weighted by Gasteiger charge is -2.23. The second-order valence-electron chi connectivity index (χ2n) is 7.48. The average Bonchev–Trinajstić information content (AvgIpc) is 2.63. The van der Waals surface area contributed by atoms with Crippen LogP contribution in [-0.2, 0) is 4.79 Å². The largest absolute Gasteiger partial charge is 0.390 e. The predicted molar refractivity (Wildman–Crippen MR) is 114 cm³/mol. The van der Waals surface area contributed by atoms with Crippen molar-refractivity contribution in [2.24, 2.45) is 5.41 Å². The molecule has 0 amide bonds. The zero-order valence-corrected chi connectivity index (χ0v) is 17.6. The predicted octanol–water partition coefficient (Wildman–Crippen LogP) is 5.14. The smallest absolute Gasteiger partial charge is 0.129 e. The molecule has 0 rings (SSSR count). The maximum atomic E-state index is 10.9. The highest BCUT2D eigenvalue weighted by molar-refractivity contribution is 5.75. The number of Topliss-reactive ketones (excluding diaryl/α,β-unsaturated/α-hetero) is 1. The molecule has 0 aromatic carbocycles. The molecule has 0 aliphatic heterocycles. The van der Waals surface area contributed by atoms with Crippen LogP contribution < -0.4 is 0 Å². The summed E-state index contributed by atoms with van der Waals surface area (Å²) in [5.41, 5.74) is 0.218. The Kier molecular flexibility index (Phi) is 14.5. The number of carbonyl (C=O) groups excluding carboxylic acids is 1. The summed E-state index contributed by atoms with van der Waals surface area (Å²) in [7, 11) is 0. The first-order chi connectivity index (χ1) is 12.8. The number of aliphatic hydroxyl groups is 2. The van der Waals surface area contributed by atoms with Gasteiger partial charge >= 0.3 is 0 Å². The molecular weight excluding hydrogens is 336 g/mol. The summed E-state index contributed by atoms with van der Waals surface area (Å²) in [6.07, 6.45) is 16.6. The molecule has 0 bridgehead atoms. The molecule has 3 atom stereocenters. The van der Waals surface area contributed by atoms with Crippen LogP contribution in [0.15, 0.2) is 36.5 Å². The van der Waals surface area contributed by atoms with E-state index in [1.807, 2.05) is 6.08 Å². The van der Waals surface area contributed by atoms with Gasteiger partial charge in [0.1, 0.15) is 5.78 Å². The van der Waals surface area contributed by atoms with E-state index >= 15 is 0 Å². The lowest BCUT2D eigenvalue weighted by molar-refractivity contribution is -0.117. The monoisotopic (exact) mass is 374 g/mol. The Hall–Kier alpha value is -1.63. The minimum Gasteiger partial charge on any atom is -0.390 e. The van der Waals surface area contributed by atoms with Gasteiger partial charge in [-0.25, -0.2) is 0 Å². The van der Waals surface area contributed by atoms with Crippen LogP contribution in [0.25, 0.3) is 0 Å². The molecule has 0 aromatic rings. The molecule has 3 nitrogen and oxygen atoms in total. The first-order valence-electron chi connectivity index (χ1n) is 10.2. The van der Waals surface area contributed by atoms with Crippen molar-refractivity contribution in [2.75, 3.05) is 0 Å². The van der Waals surface area contributed by atoms with Crippen LogP contribution in [0.4, 0.5) is 0 Å². The van der Waals surface area contributed by atoms with Crippen molar-refractivity contribution in [3.8, 4) is 11.8 Å². The molecule has 0 fully saturated rings. The van der Waals surface area contributed by atoms with Crippen LogP contribution in [0, 0.1) is 17.3 Å². The number of unbranched alkanes of at least 4 members (excludes halogenated alkanes) is 2. The van der Waals surface area contributed by atoms with Gasteiger partial charge in [0.25, 0.3) is 0 Å². The van der Waals surface area contributed by atoms with Gasteiger partial charge in [0.2, 0.25) is 0 Å². The van der Waals surface area contributed by atoms with Gasteiger partial charge in [0.05, 0.1) is 12.2 Å². The Balaban J connectivity index is 4.30. The highest BCUT2D eigenvalue weighted by atomic mass is 16.3. The zero-order chi connectivity index (χ0) is 20.5. The van der Waals surface area contributed by atoms with Crippen molar-refractivity contribution in [1.29, 1.82) is 0 Å². The van der Waals surface area contributed by atoms with Gasteiger partial charge in [0, 0.05) is 6.42 Å². The number of hydrogen-bond acceptors (Lipinski definition) is 3. The number of allylic oxidation sites excluding steroid dienone is 5. The molecule has 0 heterocycles. The average molecular weight is 375 g/mol. The van der Waals surface area contributed by atoms with Gasteiger partial charge < -0.3 is 15.0 Å². The zero-order valence-electron chi connectivity index (χ0n) is 17.6. The fourth-order valence-electron chi connectivity index (χ4n) is 2.64. The Morgan fingerprint density at radius 2 is 1.78 bits per heavy atom. The molecule has 0 saturated carbocycles. The van der Waals surface area contributed by atoms with Gasteiger partial charge in [-0.05, 0) is 50.2 Å². The van der Waals surface area contributed by atoms with E-state index in [0.717, 1.165) is 6.42 Å². The maximum Gasteiger partial charge on any atom is 0.129 e. The second-order valence-corrected chi connectivity index (χ2v) is 7.48. The van der Waals surface area contributed by atoms with E-state index in [-0.39, 0.29) is 11.2 Å². The molecule has 0 aliphatic carbocycles. The molecule has 1 unspecified atom stereocenters. The number of carbonyl (C=O) groups is 1. The summed E-state index contributed by atoms with van der Waals surface area (Å²) < 4.78 is 0. The Morgan fingerprint density at radius 1 is 1.07 bits per heavy atom. The van der Waals surface area contributed by atoms with Crippen LogP contribution in [-0.4, -0.2) is 28.2 Å². The molecule has 2 N–H and O–H groups in total. The fraction of sp³-hybridized carbons (Fsp3) is 0.625. The quantitative estimate of drug-likeness (QED) is 0.267. The second kappa shape index (κ2) is 15.4. The van der Waals surface area contributed by atoms with Gasteiger partial charge in [-0.2, -0.15) is 0 Å². The van der Waals surface area contributed by atoms with Crippen molar-refractivity contribution in [3.63, 3.8) is 0 Å². The highest BCUT2D eigenvalue weighted by Crippen LogP contribution is 2.29. The molecule has 27 heavy (non-hydrogen) atoms. The van der Waals surface area contributed by atoms with E-state index in [1.54, 1.807) is 18.2 Å². The topological polar surface area (TPSA) is 57.5 Å². The Bertz CT molecular complexity index is 548. The molecule has 0 saturated heterocycles. The van der Waals surface area contributed by atoms with Crippen LogP contribution in [0.1, 0.15) is 79.1 Å². The Morgan fingerprint density at radius 3 is 2.41 bits per heavy atom. The Labute approximate surface area is 166 Å². The summed E-state index contributed by atoms with van der Waals surface area (Å²) >= 11 is 0. The highest BCUT2D eigenvalue weighted by Gasteiger charge is 2.17. The number of aliphatic hydroxyl groups excluding tert-OH is 2. The van der Waals surface area contributed by atoms with Gasteiger partial charge in [-0.15, -0.1) is 0 Å². The summed E-state index contributed by atoms with van der Waals surface area (Å²) in [5, 5.41) is 19.6. The molecule has 3 heteroatoms. The molecule has 0 aromatic heterocycles. The lowest BCUT2D eigenvalue weighted by Crippen LogP contribution is -2.23. The van der Waals surface area contributed by atoms with E-state index in [1.165, 1.54) is 38.7 Å². The molecule has 0 spiro atoms. The van der Waals surface area contributed by atoms with Crippen LogP contribution >= 0.6 is 0 Å². The van der Waals surface area contributed by atoms with Gasteiger partial charge in [0.15, 0.2) is 0 Å². The van der Waals surface area contributed by atoms with Crippen molar-refractivity contribution < 1.29 is 15.0 Å². The summed E-state index contributed by atoms with van der Waals surface area (Å²) in [6.45, 7) is 8.25. The van der Waals surface area contributed by atoms with Crippen molar-refractivity contribution in [1.82, 2.24) is 0 Å². The third-order valence-corrected chi connectivity index (χ3v) is 4.83. The summed E-state index contributed by atoms with van der Waals surface area (Å²) in [6, 6.07) is 0. The fourth-order valence-corrected chi connectivity index (χ4v) is 2.64. The van der Waals surface area contributed by atoms with E-state index in [9.17, 15) is 15.0 Å². The molecule has 0 aliphatic rings. The first-order valence-corrected chi connectivity index (χ1v) is 10.2. The van der Waals surface area contributed by atoms with Crippen LogP contribution in [0.5, 0.6) is 0 Å². The SMILES string of the molecule is CCCCCC(C)(/C=C/C#C/C=C/C=C/[C@@H](O)[C@@H](O)CCCC(C)=O)CC. The normalized spacial score (nSPS) is 16.4. The van der Waals surface area contributed by atoms with E-state index < -0.39 is 12.2 Å². The van der Waals surface area contributed by atoms with Crippen LogP contribution in [0.3, 0.4) is 0 Å². The minimum absolute atomic E-state index is 0.1000. The van der Waals surface area contributed by atoms with Crippen LogP contribution in [0.2, 0.25) is 0 Å². The van der Waals surface area contributed by atoms with E-state index in [2.05, 4.69) is 38.7 Å². The number of rotatable bonds is 13. The van der Waals surface area contributed by atoms with Crippen molar-refractivity contribution in [3.05, 3.63) is 36.5 Å². The standard InChI is InChI=1S/C24H38O3/c1-5-7-13-19-24(4,6-2)20-14-11-9-8-10-12-17-22(26)23(27)18-15-16-21(3)25/h8,10,12,14,17,20,22-23,26-27H,5-7,13,15-16,18-19H2,1-4H3/b10-8+,17-12+,20-14+/t22-,23+,24?/m1/s1. The summed E-state index contributed by atoms with van der Waals surface area (Å²) in [5.74, 6) is 6.07. The third kappa shape index (κ3) is 14.1. The van der Waals surface area contributed by atoms with E-state index in [4.69, 9.17) is 0 Å².